The summed E-state index contributed by atoms with van der Waals surface area (Å²) in [6.45, 7) is -0.159. The number of carbonyl (C=O) groups is 8. The quantitative estimate of drug-likeness (QED) is 0.0231. The molecule has 0 N–H and O–H groups in total. The first kappa shape index (κ1) is 64.4. The molecule has 89 heavy (non-hydrogen) atoms. The summed E-state index contributed by atoms with van der Waals surface area (Å²) in [6.07, 6.45) is -13.7. The summed E-state index contributed by atoms with van der Waals surface area (Å²) in [5.41, 5.74) is 0.733. The van der Waals surface area contributed by atoms with Gasteiger partial charge in [0.05, 0.1) is 50.6 Å². The summed E-state index contributed by atoms with van der Waals surface area (Å²) in [5.74, 6) is -7.14. The fourth-order valence-corrected chi connectivity index (χ4v) is 8.41. The fourth-order valence-electron chi connectivity index (χ4n) is 8.41. The highest BCUT2D eigenvalue weighted by molar-refractivity contribution is 5.93. The smallest absolute Gasteiger partial charge is 0.340 e. The van der Waals surface area contributed by atoms with Crippen LogP contribution in [0.4, 0.5) is 0 Å². The third kappa shape index (κ3) is 19.7. The number of hydrogen-bond acceptors (Lipinski definition) is 19. The van der Waals surface area contributed by atoms with Crippen LogP contribution in [0.2, 0.25) is 0 Å². The molecule has 0 aliphatic heterocycles. The molecule has 8 rings (SSSR count). The first-order valence-corrected chi connectivity index (χ1v) is 28.2. The normalized spacial score (nSPS) is 13.6. The number of benzene rings is 8. The topological polar surface area (TPSA) is 238 Å². The van der Waals surface area contributed by atoms with Gasteiger partial charge in [-0.15, -0.1) is 0 Å². The molecule has 0 bridgehead atoms. The van der Waals surface area contributed by atoms with Crippen molar-refractivity contribution in [3.8, 4) is 0 Å². The van der Waals surface area contributed by atoms with Gasteiger partial charge < -0.3 is 52.1 Å². The fraction of sp³-hybridized carbons (Fsp3) is 0.200. The molecule has 0 saturated carbocycles. The molecule has 0 spiro atoms. The summed E-state index contributed by atoms with van der Waals surface area (Å²) in [6, 6.07) is 62.8. The van der Waals surface area contributed by atoms with E-state index in [9.17, 15) is 38.4 Å². The Labute approximate surface area is 512 Å². The summed E-state index contributed by atoms with van der Waals surface area (Å²) in [5, 5.41) is 0. The molecule has 0 heterocycles. The Morgan fingerprint density at radius 3 is 0.742 bits per heavy atom. The first-order chi connectivity index (χ1) is 43.3. The zero-order valence-corrected chi connectivity index (χ0v) is 48.3. The predicted octanol–water partition coefficient (Wildman–Crippen LogP) is 10.8. The Kier molecular flexibility index (Phi) is 24.1. The molecule has 0 aromatic heterocycles. The number of ether oxygens (including phenoxy) is 11. The Hall–Kier alpha value is -10.6. The third-order valence-electron chi connectivity index (χ3n) is 13.2. The largest absolute Gasteiger partial charge is 0.459 e. The van der Waals surface area contributed by atoms with Gasteiger partial charge in [-0.25, -0.2) is 38.4 Å². The molecule has 8 aromatic carbocycles. The Morgan fingerprint density at radius 2 is 0.449 bits per heavy atom. The van der Waals surface area contributed by atoms with Crippen LogP contribution in [0.3, 0.4) is 0 Å². The highest BCUT2D eigenvalue weighted by Gasteiger charge is 2.41. The van der Waals surface area contributed by atoms with Gasteiger partial charge in [-0.05, 0) is 111 Å². The summed E-state index contributed by atoms with van der Waals surface area (Å²) < 4.78 is 67.8. The highest BCUT2D eigenvalue weighted by atomic mass is 16.8. The van der Waals surface area contributed by atoms with Crippen LogP contribution in [0.15, 0.2) is 243 Å². The van der Waals surface area contributed by atoms with Gasteiger partial charge in [0.25, 0.3) is 0 Å². The monoisotopic (exact) mass is 1210 g/mol. The lowest BCUT2D eigenvalue weighted by Crippen LogP contribution is -2.51. The van der Waals surface area contributed by atoms with E-state index in [0.717, 1.165) is 0 Å². The van der Waals surface area contributed by atoms with E-state index in [0.29, 0.717) is 0 Å². The highest BCUT2D eigenvalue weighted by Crippen LogP contribution is 2.25. The van der Waals surface area contributed by atoms with Gasteiger partial charge in [0.1, 0.15) is 44.7 Å². The lowest BCUT2D eigenvalue weighted by molar-refractivity contribution is -0.281. The Bertz CT molecular complexity index is 3540. The van der Waals surface area contributed by atoms with E-state index < -0.39 is 123 Å². The SMILES string of the molecule is C[C@H](O[C@H](OC(COC(=O)c1ccccc1)[C@@H](C)OC(=O)c1ccccc1)[C@H](COC(=O)c1ccccc1)OC(=O)c1ccccc1)C(COC(=O)c1ccccc1)O[C@@H](OC(=O)c1ccccc1)[C@H](COC(=O)c1ccccc1)OC(=O)c1ccccc1. The molecule has 0 radical (unpaired) electrons. The van der Waals surface area contributed by atoms with Crippen molar-refractivity contribution in [3.63, 3.8) is 0 Å². The number of esters is 8. The van der Waals surface area contributed by atoms with E-state index in [1.807, 2.05) is 0 Å². The van der Waals surface area contributed by atoms with Gasteiger partial charge in [-0.1, -0.05) is 146 Å². The third-order valence-corrected chi connectivity index (χ3v) is 13.2. The zero-order chi connectivity index (χ0) is 62.7. The van der Waals surface area contributed by atoms with E-state index in [1.54, 1.807) is 146 Å². The molecular formula is C70H62O19. The number of rotatable bonds is 30. The lowest BCUT2D eigenvalue weighted by Gasteiger charge is -2.36. The molecule has 19 heteroatoms. The number of carbonyl (C=O) groups excluding carboxylic acids is 8. The van der Waals surface area contributed by atoms with E-state index in [2.05, 4.69) is 0 Å². The molecule has 0 amide bonds. The Balaban J connectivity index is 1.23. The molecule has 0 aliphatic carbocycles. The zero-order valence-electron chi connectivity index (χ0n) is 48.3. The van der Waals surface area contributed by atoms with Crippen molar-refractivity contribution in [2.24, 2.45) is 0 Å². The van der Waals surface area contributed by atoms with Gasteiger partial charge in [-0.3, -0.25) is 0 Å². The van der Waals surface area contributed by atoms with Crippen LogP contribution < -0.4 is 0 Å². The van der Waals surface area contributed by atoms with Crippen LogP contribution in [0, 0.1) is 0 Å². The second-order valence-corrected chi connectivity index (χ2v) is 19.7. The van der Waals surface area contributed by atoms with Crippen molar-refractivity contribution in [1.29, 1.82) is 0 Å². The van der Waals surface area contributed by atoms with Crippen LogP contribution in [0.25, 0.3) is 0 Å². The Morgan fingerprint density at radius 1 is 0.236 bits per heavy atom. The van der Waals surface area contributed by atoms with Crippen molar-refractivity contribution >= 4 is 47.8 Å². The summed E-state index contributed by atoms with van der Waals surface area (Å²) in [7, 11) is 0. The number of hydrogen-bond donors (Lipinski definition) is 0. The van der Waals surface area contributed by atoms with Gasteiger partial charge in [0, 0.05) is 0 Å². The van der Waals surface area contributed by atoms with Crippen molar-refractivity contribution < 1.29 is 90.5 Å². The van der Waals surface area contributed by atoms with E-state index in [1.165, 1.54) is 111 Å². The van der Waals surface area contributed by atoms with Gasteiger partial charge in [0.2, 0.25) is 6.29 Å². The molecule has 8 atom stereocenters. The van der Waals surface area contributed by atoms with Gasteiger partial charge in [0.15, 0.2) is 18.5 Å². The first-order valence-electron chi connectivity index (χ1n) is 28.2. The summed E-state index contributed by atoms with van der Waals surface area (Å²) in [4.78, 5) is 112. The van der Waals surface area contributed by atoms with Gasteiger partial charge in [-0.2, -0.15) is 0 Å². The molecule has 456 valence electrons. The molecule has 19 nitrogen and oxygen atoms in total. The standard InChI is InChI=1S/C70H62O19/c1-47(83-65(75)53-35-19-7-20-36-53)57(43-79-61(71)49-27-11-3-12-28-49)87-69(59(85-66(76)54-37-21-8-22-38-54)45-81-63(73)51-31-15-5-16-32-51)84-48(2)58(44-80-62(72)50-29-13-4-14-30-50)88-70(89-68(78)56-41-25-10-26-42-56)60(86-67(77)55-39-23-9-24-40-55)46-82-64(74)52-33-17-6-18-34-52/h3-42,47-48,57-60,69-70H,43-46H2,1-2H3/t47-,48+,57?,58?,59+,60+,69-,70+/m1/s1. The molecule has 0 aliphatic rings. The van der Waals surface area contributed by atoms with Crippen LogP contribution in [0.5, 0.6) is 0 Å². The molecule has 8 aromatic rings. The van der Waals surface area contributed by atoms with Crippen molar-refractivity contribution in [1.82, 2.24) is 0 Å². The second kappa shape index (κ2) is 33.3. The molecule has 0 saturated heterocycles. The molecule has 0 fully saturated rings. The van der Waals surface area contributed by atoms with E-state index in [4.69, 9.17) is 52.1 Å². The molecular weight excluding hydrogens is 1140 g/mol. The minimum Gasteiger partial charge on any atom is -0.459 e. The minimum absolute atomic E-state index is 0.00884. The lowest BCUT2D eigenvalue weighted by atomic mass is 10.2. The molecule has 2 unspecified atom stereocenters. The maximum absolute atomic E-state index is 14.3. The van der Waals surface area contributed by atoms with Crippen LogP contribution in [-0.4, -0.2) is 123 Å². The average Bonchev–Trinajstić information content (AvgIpc) is 3.78. The predicted molar refractivity (Wildman–Crippen MR) is 319 cm³/mol. The average molecular weight is 1210 g/mol. The minimum atomic E-state index is -2.06. The second-order valence-electron chi connectivity index (χ2n) is 19.7. The van der Waals surface area contributed by atoms with Crippen LogP contribution >= 0.6 is 0 Å². The van der Waals surface area contributed by atoms with Crippen molar-refractivity contribution in [2.75, 3.05) is 26.4 Å². The van der Waals surface area contributed by atoms with Crippen LogP contribution in [0.1, 0.15) is 96.7 Å². The van der Waals surface area contributed by atoms with Crippen molar-refractivity contribution in [2.45, 2.75) is 63.1 Å². The van der Waals surface area contributed by atoms with E-state index >= 15 is 0 Å². The van der Waals surface area contributed by atoms with Gasteiger partial charge >= 0.3 is 47.8 Å². The van der Waals surface area contributed by atoms with Crippen molar-refractivity contribution in [3.05, 3.63) is 287 Å². The maximum Gasteiger partial charge on any atom is 0.340 e. The van der Waals surface area contributed by atoms with E-state index in [-0.39, 0.29) is 44.5 Å². The van der Waals surface area contributed by atoms with Crippen LogP contribution in [-0.2, 0) is 52.1 Å². The maximum atomic E-state index is 14.3. The summed E-state index contributed by atoms with van der Waals surface area (Å²) >= 11 is 0.